The van der Waals surface area contributed by atoms with Crippen molar-refractivity contribution in [1.82, 2.24) is 9.97 Å². The van der Waals surface area contributed by atoms with Crippen LogP contribution in [0, 0.1) is 0 Å². The highest BCUT2D eigenvalue weighted by atomic mass is 16.5. The molecule has 18 heavy (non-hydrogen) atoms. The molecule has 2 heterocycles. The zero-order valence-electron chi connectivity index (χ0n) is 9.95. The van der Waals surface area contributed by atoms with Gasteiger partial charge in [-0.1, -0.05) is 30.3 Å². The van der Waals surface area contributed by atoms with E-state index in [1.54, 1.807) is 7.11 Å². The average molecular weight is 236 g/mol. The Kier molecular flexibility index (Phi) is 1.75. The van der Waals surface area contributed by atoms with Gasteiger partial charge in [0, 0.05) is 16.3 Å². The van der Waals surface area contributed by atoms with Gasteiger partial charge in [-0.05, 0) is 12.1 Å². The van der Waals surface area contributed by atoms with E-state index in [4.69, 9.17) is 4.74 Å². The highest BCUT2D eigenvalue weighted by molar-refractivity contribution is 6.17. The summed E-state index contributed by atoms with van der Waals surface area (Å²) in [6.45, 7) is 0. The molecule has 0 spiro atoms. The second-order valence-corrected chi connectivity index (χ2v) is 4.43. The molecule has 0 radical (unpaired) electrons. The summed E-state index contributed by atoms with van der Waals surface area (Å²) in [5.41, 5.74) is 4.49. The molecular formula is C15H12N2O. The van der Waals surface area contributed by atoms with Crippen molar-refractivity contribution in [3.63, 3.8) is 0 Å². The molecule has 3 heteroatoms. The Hall–Kier alpha value is -2.42. The Balaban J connectivity index is 2.26. The molecule has 4 rings (SSSR count). The van der Waals surface area contributed by atoms with Gasteiger partial charge < -0.3 is 14.7 Å². The predicted molar refractivity (Wildman–Crippen MR) is 74.2 cm³/mol. The van der Waals surface area contributed by atoms with Crippen molar-refractivity contribution in [2.24, 2.45) is 0 Å². The summed E-state index contributed by atoms with van der Waals surface area (Å²) in [7, 11) is 1.70. The predicted octanol–water partition coefficient (Wildman–Crippen LogP) is 3.81. The molecule has 0 unspecified atom stereocenters. The van der Waals surface area contributed by atoms with Crippen LogP contribution in [0.3, 0.4) is 0 Å². The summed E-state index contributed by atoms with van der Waals surface area (Å²) in [6, 6.07) is 14.4. The molecule has 2 aromatic heterocycles. The van der Waals surface area contributed by atoms with Crippen LogP contribution in [0.5, 0.6) is 5.75 Å². The number of rotatable bonds is 1. The number of benzene rings is 2. The quantitative estimate of drug-likeness (QED) is 0.518. The van der Waals surface area contributed by atoms with Gasteiger partial charge in [0.1, 0.15) is 5.75 Å². The maximum Gasteiger partial charge on any atom is 0.143 e. The third-order valence-corrected chi connectivity index (χ3v) is 3.47. The minimum Gasteiger partial charge on any atom is -0.495 e. The summed E-state index contributed by atoms with van der Waals surface area (Å²) in [5.74, 6) is 0.876. The Morgan fingerprint density at radius 3 is 2.44 bits per heavy atom. The minimum atomic E-state index is 0.876. The molecule has 4 aromatic rings. The molecular weight excluding hydrogens is 224 g/mol. The van der Waals surface area contributed by atoms with Crippen molar-refractivity contribution < 1.29 is 4.74 Å². The second-order valence-electron chi connectivity index (χ2n) is 4.43. The number of fused-ring (bicyclic) bond motifs is 5. The fraction of sp³-hybridized carbons (Fsp3) is 0.0667. The number of aromatic amines is 2. The highest BCUT2D eigenvalue weighted by Crippen LogP contribution is 2.34. The fourth-order valence-electron chi connectivity index (χ4n) is 2.64. The first-order valence-corrected chi connectivity index (χ1v) is 5.93. The van der Waals surface area contributed by atoms with Gasteiger partial charge in [-0.2, -0.15) is 0 Å². The maximum atomic E-state index is 5.39. The summed E-state index contributed by atoms with van der Waals surface area (Å²) in [4.78, 5) is 6.93. The topological polar surface area (TPSA) is 40.8 Å². The summed E-state index contributed by atoms with van der Waals surface area (Å²) >= 11 is 0. The number of para-hydroxylation sites is 2. The summed E-state index contributed by atoms with van der Waals surface area (Å²) < 4.78 is 5.39. The van der Waals surface area contributed by atoms with E-state index in [2.05, 4.69) is 34.2 Å². The third kappa shape index (κ3) is 1.08. The van der Waals surface area contributed by atoms with Gasteiger partial charge in [0.2, 0.25) is 0 Å². The molecule has 0 aliphatic heterocycles. The summed E-state index contributed by atoms with van der Waals surface area (Å²) in [6.07, 6.45) is 0. The van der Waals surface area contributed by atoms with Crippen molar-refractivity contribution in [2.75, 3.05) is 7.11 Å². The maximum absolute atomic E-state index is 5.39. The highest BCUT2D eigenvalue weighted by Gasteiger charge is 2.12. The molecule has 0 bridgehead atoms. The van der Waals surface area contributed by atoms with Crippen molar-refractivity contribution in [3.05, 3.63) is 42.5 Å². The van der Waals surface area contributed by atoms with Gasteiger partial charge in [0.25, 0.3) is 0 Å². The molecule has 2 aromatic carbocycles. The Morgan fingerprint density at radius 2 is 1.56 bits per heavy atom. The number of methoxy groups -OCH3 is 1. The van der Waals surface area contributed by atoms with Crippen molar-refractivity contribution in [1.29, 1.82) is 0 Å². The minimum absolute atomic E-state index is 0.876. The van der Waals surface area contributed by atoms with Crippen LogP contribution in [-0.4, -0.2) is 17.1 Å². The van der Waals surface area contributed by atoms with E-state index in [1.165, 1.54) is 10.8 Å². The van der Waals surface area contributed by atoms with Crippen LogP contribution in [0.15, 0.2) is 42.5 Å². The summed E-state index contributed by atoms with van der Waals surface area (Å²) in [5, 5.41) is 2.38. The fourth-order valence-corrected chi connectivity index (χ4v) is 2.64. The lowest BCUT2D eigenvalue weighted by Gasteiger charge is -2.00. The van der Waals surface area contributed by atoms with Gasteiger partial charge in [-0.25, -0.2) is 0 Å². The number of hydrogen-bond donors (Lipinski definition) is 2. The standard InChI is InChI=1S/C15H12N2O/c1-18-12-8-4-6-10-13(12)17-14-9-5-2-3-7-11(9)16-15(10)14/h2-8,16-17H,1H3. The van der Waals surface area contributed by atoms with Gasteiger partial charge in [-0.3, -0.25) is 0 Å². The van der Waals surface area contributed by atoms with E-state index < -0.39 is 0 Å². The molecule has 2 N–H and O–H groups in total. The number of ether oxygens (including phenoxy) is 1. The Morgan fingerprint density at radius 1 is 0.778 bits per heavy atom. The molecule has 3 nitrogen and oxygen atoms in total. The van der Waals surface area contributed by atoms with E-state index in [0.29, 0.717) is 0 Å². The average Bonchev–Trinajstić information content (AvgIpc) is 2.94. The normalized spacial score (nSPS) is 11.6. The lowest BCUT2D eigenvalue weighted by molar-refractivity contribution is 0.419. The van der Waals surface area contributed by atoms with Crippen molar-refractivity contribution in [3.8, 4) is 5.75 Å². The van der Waals surface area contributed by atoms with E-state index >= 15 is 0 Å². The van der Waals surface area contributed by atoms with Crippen molar-refractivity contribution in [2.45, 2.75) is 0 Å². The second kappa shape index (κ2) is 3.29. The van der Waals surface area contributed by atoms with E-state index in [0.717, 1.165) is 27.8 Å². The first-order valence-electron chi connectivity index (χ1n) is 5.93. The van der Waals surface area contributed by atoms with Crippen LogP contribution in [0.4, 0.5) is 0 Å². The molecule has 0 saturated carbocycles. The number of hydrogen-bond acceptors (Lipinski definition) is 1. The first kappa shape index (κ1) is 9.59. The molecule has 0 amide bonds. The molecule has 0 atom stereocenters. The largest absolute Gasteiger partial charge is 0.495 e. The number of H-pyrrole nitrogens is 2. The van der Waals surface area contributed by atoms with E-state index in [-0.39, 0.29) is 0 Å². The van der Waals surface area contributed by atoms with Crippen LogP contribution in [-0.2, 0) is 0 Å². The van der Waals surface area contributed by atoms with Gasteiger partial charge >= 0.3 is 0 Å². The molecule has 0 saturated heterocycles. The monoisotopic (exact) mass is 236 g/mol. The number of nitrogens with one attached hydrogen (secondary N) is 2. The zero-order chi connectivity index (χ0) is 12.1. The van der Waals surface area contributed by atoms with Gasteiger partial charge in [0.05, 0.1) is 23.7 Å². The Bertz CT molecular complexity index is 870. The van der Waals surface area contributed by atoms with Crippen LogP contribution in [0.25, 0.3) is 32.8 Å². The van der Waals surface area contributed by atoms with Crippen LogP contribution < -0.4 is 4.74 Å². The molecule has 88 valence electrons. The van der Waals surface area contributed by atoms with Crippen molar-refractivity contribution >= 4 is 32.8 Å². The third-order valence-electron chi connectivity index (χ3n) is 3.47. The van der Waals surface area contributed by atoms with E-state index in [1.807, 2.05) is 18.2 Å². The Labute approximate surface area is 103 Å². The first-order chi connectivity index (χ1) is 8.88. The van der Waals surface area contributed by atoms with Gasteiger partial charge in [0.15, 0.2) is 0 Å². The van der Waals surface area contributed by atoms with Crippen LogP contribution in [0.1, 0.15) is 0 Å². The van der Waals surface area contributed by atoms with E-state index in [9.17, 15) is 0 Å². The lowest BCUT2D eigenvalue weighted by atomic mass is 10.2. The SMILES string of the molecule is COc1cccc2c1[nH]c1c3ccccc3[nH]c21. The smallest absolute Gasteiger partial charge is 0.143 e. The molecule has 0 aliphatic carbocycles. The van der Waals surface area contributed by atoms with Gasteiger partial charge in [-0.15, -0.1) is 0 Å². The lowest BCUT2D eigenvalue weighted by Crippen LogP contribution is -1.83. The zero-order valence-corrected chi connectivity index (χ0v) is 9.95. The number of aromatic nitrogens is 2. The molecule has 0 fully saturated rings. The molecule has 0 aliphatic rings. The van der Waals surface area contributed by atoms with Crippen LogP contribution in [0.2, 0.25) is 0 Å². The van der Waals surface area contributed by atoms with Crippen LogP contribution >= 0.6 is 0 Å².